The van der Waals surface area contributed by atoms with Gasteiger partial charge >= 0.3 is 6.09 Å². The molecule has 242 valence electrons. The number of amides is 1. The summed E-state index contributed by atoms with van der Waals surface area (Å²) in [5.41, 5.74) is 8.61. The first-order valence-electron chi connectivity index (χ1n) is 15.4. The molecule has 0 heterocycles. The van der Waals surface area contributed by atoms with Crippen LogP contribution in [0.3, 0.4) is 0 Å². The van der Waals surface area contributed by atoms with E-state index < -0.39 is 32.1 Å². The number of nitrogens with one attached hydrogen (secondary N) is 3. The molecule has 2 aliphatic carbocycles. The second-order valence-electron chi connectivity index (χ2n) is 11.2. The normalized spacial score (nSPS) is 13.1. The van der Waals surface area contributed by atoms with Gasteiger partial charge in [0.15, 0.2) is 0 Å². The largest absolute Gasteiger partial charge is 0.449 e. The molecule has 0 radical (unpaired) electrons. The van der Waals surface area contributed by atoms with Crippen LogP contribution in [0.4, 0.5) is 4.79 Å². The van der Waals surface area contributed by atoms with Crippen molar-refractivity contribution in [2.75, 3.05) is 26.7 Å². The summed E-state index contributed by atoms with van der Waals surface area (Å²) in [5, 5.41) is 2.38. The molecule has 2 aliphatic rings. The Morgan fingerprint density at radius 1 is 0.696 bits per heavy atom. The summed E-state index contributed by atoms with van der Waals surface area (Å²) >= 11 is 0. The van der Waals surface area contributed by atoms with Crippen molar-refractivity contribution < 1.29 is 26.4 Å². The van der Waals surface area contributed by atoms with Crippen molar-refractivity contribution >= 4 is 26.1 Å². The highest BCUT2D eigenvalue weighted by molar-refractivity contribution is 7.89. The molecule has 1 amide bonds. The molecule has 4 aromatic carbocycles. The van der Waals surface area contributed by atoms with Gasteiger partial charge in [-0.05, 0) is 88.0 Å². The monoisotopic (exact) mass is 661 g/mol. The highest BCUT2D eigenvalue weighted by atomic mass is 32.2. The fraction of sp³-hybridized carbons (Fsp3) is 0.286. The molecule has 0 saturated carbocycles. The van der Waals surface area contributed by atoms with Gasteiger partial charge in [-0.2, -0.15) is 0 Å². The van der Waals surface area contributed by atoms with Crippen molar-refractivity contribution in [3.8, 4) is 22.3 Å². The molecular formula is C35H39N3O6S2. The van der Waals surface area contributed by atoms with Gasteiger partial charge in [0.25, 0.3) is 0 Å². The van der Waals surface area contributed by atoms with Gasteiger partial charge in [0.05, 0.1) is 9.79 Å². The van der Waals surface area contributed by atoms with E-state index in [-0.39, 0.29) is 16.4 Å². The van der Waals surface area contributed by atoms with Gasteiger partial charge in [-0.25, -0.2) is 31.1 Å². The minimum Gasteiger partial charge on any atom is -0.449 e. The second-order valence-corrected chi connectivity index (χ2v) is 14.7. The van der Waals surface area contributed by atoms with Gasteiger partial charge in [0.1, 0.15) is 6.61 Å². The predicted octanol–water partition coefficient (Wildman–Crippen LogP) is 5.79. The zero-order chi connectivity index (χ0) is 32.9. The van der Waals surface area contributed by atoms with E-state index in [0.717, 1.165) is 17.5 Å². The number of hydrogen-bond donors (Lipinski definition) is 3. The van der Waals surface area contributed by atoms with Gasteiger partial charge in [-0.3, -0.25) is 0 Å². The van der Waals surface area contributed by atoms with Crippen LogP contribution >= 0.6 is 0 Å². The molecule has 0 bridgehead atoms. The van der Waals surface area contributed by atoms with Crippen LogP contribution in [-0.2, 0) is 31.2 Å². The van der Waals surface area contributed by atoms with Gasteiger partial charge in [-0.15, -0.1) is 0 Å². The first kappa shape index (κ1) is 33.3. The van der Waals surface area contributed by atoms with Crippen LogP contribution in [0.5, 0.6) is 0 Å². The fourth-order valence-electron chi connectivity index (χ4n) is 5.78. The number of ether oxygens (including phenoxy) is 1. The number of rotatable bonds is 10. The highest BCUT2D eigenvalue weighted by Gasteiger charge is 2.33. The Morgan fingerprint density at radius 2 is 1.15 bits per heavy atom. The topological polar surface area (TPSA) is 131 Å². The van der Waals surface area contributed by atoms with Crippen molar-refractivity contribution in [3.05, 3.63) is 107 Å². The van der Waals surface area contributed by atoms with E-state index >= 15 is 0 Å². The van der Waals surface area contributed by atoms with Gasteiger partial charge in [-0.1, -0.05) is 74.5 Å². The molecule has 46 heavy (non-hydrogen) atoms. The number of alkyl carbamates (subject to hydrolysis) is 1. The Kier molecular flexibility index (Phi) is 10.3. The Balaban J connectivity index is 0.000000262. The molecule has 0 spiro atoms. The number of sulfonamides is 2. The number of fused-ring (bicyclic) bond motifs is 6. The summed E-state index contributed by atoms with van der Waals surface area (Å²) in [5.74, 6) is -0.519. The molecular weight excluding hydrogens is 623 g/mol. The molecule has 9 nitrogen and oxygen atoms in total. The summed E-state index contributed by atoms with van der Waals surface area (Å²) in [4.78, 5) is 11.9. The quantitative estimate of drug-likeness (QED) is 0.174. The van der Waals surface area contributed by atoms with Crippen LogP contribution in [0.25, 0.3) is 22.3 Å². The third-order valence-electron chi connectivity index (χ3n) is 8.08. The molecule has 6 rings (SSSR count). The minimum atomic E-state index is -3.71. The maximum Gasteiger partial charge on any atom is 0.406 e. The second kappa shape index (κ2) is 14.2. The van der Waals surface area contributed by atoms with E-state index in [4.69, 9.17) is 4.74 Å². The van der Waals surface area contributed by atoms with Crippen molar-refractivity contribution in [2.45, 2.75) is 48.8 Å². The summed E-state index contributed by atoms with van der Waals surface area (Å²) in [6.45, 7) is 4.30. The maximum absolute atomic E-state index is 12.7. The molecule has 0 aromatic heterocycles. The van der Waals surface area contributed by atoms with Gasteiger partial charge in [0.2, 0.25) is 20.0 Å². The van der Waals surface area contributed by atoms with E-state index in [9.17, 15) is 21.6 Å². The van der Waals surface area contributed by atoms with E-state index in [1.165, 1.54) is 41.4 Å². The summed E-state index contributed by atoms with van der Waals surface area (Å²) in [7, 11) is -5.98. The number of carbonyl (C=O) groups excluding carboxylic acids is 1. The summed E-state index contributed by atoms with van der Waals surface area (Å²) in [6.07, 6.45) is 1.78. The molecule has 0 unspecified atom stereocenters. The zero-order valence-electron chi connectivity index (χ0n) is 26.2. The zero-order valence-corrected chi connectivity index (χ0v) is 27.8. The van der Waals surface area contributed by atoms with Crippen molar-refractivity contribution in [2.24, 2.45) is 0 Å². The lowest BCUT2D eigenvalue weighted by Crippen LogP contribution is -2.25. The van der Waals surface area contributed by atoms with Crippen LogP contribution in [0.2, 0.25) is 0 Å². The summed E-state index contributed by atoms with van der Waals surface area (Å²) < 4.78 is 61.1. The first-order valence-corrected chi connectivity index (χ1v) is 18.3. The Labute approximate surface area is 271 Å². The average molecular weight is 662 g/mol. The maximum atomic E-state index is 12.7. The molecule has 0 fully saturated rings. The average Bonchev–Trinajstić information content (AvgIpc) is 3.60. The third-order valence-corrected chi connectivity index (χ3v) is 11.0. The Morgan fingerprint density at radius 3 is 1.59 bits per heavy atom. The molecule has 0 atom stereocenters. The van der Waals surface area contributed by atoms with Crippen LogP contribution < -0.4 is 14.8 Å². The van der Waals surface area contributed by atoms with Crippen LogP contribution in [0.1, 0.15) is 54.9 Å². The molecule has 0 saturated heterocycles. The minimum absolute atomic E-state index is 0.0720. The van der Waals surface area contributed by atoms with Gasteiger partial charge in [0, 0.05) is 26.1 Å². The Bertz CT molecular complexity index is 1830. The highest BCUT2D eigenvalue weighted by Crippen LogP contribution is 2.46. The van der Waals surface area contributed by atoms with Crippen LogP contribution in [-0.4, -0.2) is 49.7 Å². The van der Waals surface area contributed by atoms with Crippen molar-refractivity contribution in [3.63, 3.8) is 0 Å². The number of hydrogen-bond acceptors (Lipinski definition) is 6. The van der Waals surface area contributed by atoms with Crippen LogP contribution in [0, 0.1) is 0 Å². The molecule has 3 N–H and O–H groups in total. The molecule has 4 aromatic rings. The van der Waals surface area contributed by atoms with E-state index in [2.05, 4.69) is 63.3 Å². The first-order chi connectivity index (χ1) is 22.1. The fourth-order valence-corrected chi connectivity index (χ4v) is 8.12. The lowest BCUT2D eigenvalue weighted by Gasteiger charge is -2.16. The van der Waals surface area contributed by atoms with E-state index in [0.29, 0.717) is 37.1 Å². The predicted molar refractivity (Wildman–Crippen MR) is 180 cm³/mol. The van der Waals surface area contributed by atoms with Gasteiger partial charge < -0.3 is 10.1 Å². The SMILES string of the molecule is CCCNS(=O)(=O)c1ccc2c(c1)C(COC(=O)NC)c1cc(S(=O)(=O)NCCC)ccc1-2.c1ccc2c(c1)Cc1ccccc1-2. The van der Waals surface area contributed by atoms with E-state index in [1.54, 1.807) is 24.3 Å². The van der Waals surface area contributed by atoms with Crippen LogP contribution in [0.15, 0.2) is 94.7 Å². The Hall–Kier alpha value is -4.03. The van der Waals surface area contributed by atoms with Crippen molar-refractivity contribution in [1.29, 1.82) is 0 Å². The summed E-state index contributed by atoms with van der Waals surface area (Å²) in [6, 6.07) is 26.9. The molecule has 11 heteroatoms. The number of benzene rings is 4. The lowest BCUT2D eigenvalue weighted by atomic mass is 9.98. The lowest BCUT2D eigenvalue weighted by molar-refractivity contribution is 0.145. The number of carbonyl (C=O) groups is 1. The van der Waals surface area contributed by atoms with E-state index in [1.807, 2.05) is 13.8 Å². The van der Waals surface area contributed by atoms with Crippen molar-refractivity contribution in [1.82, 2.24) is 14.8 Å². The molecule has 0 aliphatic heterocycles. The smallest absolute Gasteiger partial charge is 0.406 e. The standard InChI is InChI=1S/C22H29N3O6S2.C13H10/c1-4-10-24-32(27,28)15-6-8-17-18-9-7-16(33(29,30)25-11-5-2)13-20(18)21(19(17)12-15)14-31-22(26)23-3;1-3-7-12-10(5-1)9-11-6-2-4-8-13(11)12/h6-9,12-13,21,24-25H,4-5,10-11,14H2,1-3H3,(H,23,26);1-8H,9H2. The third kappa shape index (κ3) is 7.02.